The van der Waals surface area contributed by atoms with E-state index >= 15 is 0 Å². The highest BCUT2D eigenvalue weighted by Crippen LogP contribution is 2.32. The summed E-state index contributed by atoms with van der Waals surface area (Å²) in [6.45, 7) is 6.35. The minimum atomic E-state index is 0.220. The van der Waals surface area contributed by atoms with Gasteiger partial charge in [-0.25, -0.2) is 0 Å². The van der Waals surface area contributed by atoms with Crippen molar-refractivity contribution in [2.24, 2.45) is 0 Å². The van der Waals surface area contributed by atoms with Crippen LogP contribution in [0, 0.1) is 6.92 Å². The molecule has 25 heavy (non-hydrogen) atoms. The standard InChI is InChI=1S/C18H27N5O2/c1-13-12-15-16(19-13)20-18(22-7-10-25-11-8-22)21-17(15)23-6-3-2-4-14(23)5-9-24/h12,14,24H,2-11H2,1H3,(H,19,20,21). The maximum atomic E-state index is 9.47. The molecule has 0 amide bonds. The number of rotatable bonds is 4. The van der Waals surface area contributed by atoms with Crippen LogP contribution in [0.4, 0.5) is 11.8 Å². The number of ether oxygens (including phenoxy) is 1. The number of nitrogens with one attached hydrogen (secondary N) is 1. The van der Waals surface area contributed by atoms with Gasteiger partial charge in [-0.3, -0.25) is 0 Å². The molecule has 136 valence electrons. The van der Waals surface area contributed by atoms with E-state index in [1.165, 1.54) is 12.8 Å². The number of hydrogen-bond donors (Lipinski definition) is 2. The Bertz CT molecular complexity index is 724. The van der Waals surface area contributed by atoms with Gasteiger partial charge >= 0.3 is 0 Å². The van der Waals surface area contributed by atoms with Crippen LogP contribution in [-0.2, 0) is 4.74 Å². The first-order valence-electron chi connectivity index (χ1n) is 9.34. The molecule has 0 aromatic carbocycles. The van der Waals surface area contributed by atoms with Gasteiger partial charge in [0, 0.05) is 38.0 Å². The molecule has 0 aliphatic carbocycles. The van der Waals surface area contributed by atoms with Gasteiger partial charge in [-0.1, -0.05) is 0 Å². The lowest BCUT2D eigenvalue weighted by molar-refractivity contribution is 0.122. The molecular weight excluding hydrogens is 318 g/mol. The highest BCUT2D eigenvalue weighted by Gasteiger charge is 2.27. The Morgan fingerprint density at radius 3 is 2.88 bits per heavy atom. The first-order chi connectivity index (χ1) is 12.3. The van der Waals surface area contributed by atoms with Crippen LogP contribution in [0.2, 0.25) is 0 Å². The number of aryl methyl sites for hydroxylation is 1. The van der Waals surface area contributed by atoms with Crippen molar-refractivity contribution in [1.29, 1.82) is 0 Å². The Labute approximate surface area is 148 Å². The fourth-order valence-corrected chi connectivity index (χ4v) is 3.97. The zero-order valence-electron chi connectivity index (χ0n) is 14.9. The van der Waals surface area contributed by atoms with Crippen LogP contribution < -0.4 is 9.80 Å². The van der Waals surface area contributed by atoms with E-state index in [-0.39, 0.29) is 6.61 Å². The van der Waals surface area contributed by atoms with Gasteiger partial charge < -0.3 is 24.6 Å². The second-order valence-electron chi connectivity index (χ2n) is 7.02. The smallest absolute Gasteiger partial charge is 0.229 e. The van der Waals surface area contributed by atoms with Gasteiger partial charge in [0.2, 0.25) is 5.95 Å². The van der Waals surface area contributed by atoms with Crippen molar-refractivity contribution in [3.63, 3.8) is 0 Å². The van der Waals surface area contributed by atoms with Gasteiger partial charge in [-0.2, -0.15) is 9.97 Å². The average molecular weight is 345 g/mol. The Morgan fingerprint density at radius 2 is 2.08 bits per heavy atom. The van der Waals surface area contributed by atoms with E-state index in [1.54, 1.807) is 0 Å². The van der Waals surface area contributed by atoms with Gasteiger partial charge in [0.15, 0.2) is 0 Å². The second kappa shape index (κ2) is 7.17. The summed E-state index contributed by atoms with van der Waals surface area (Å²) in [6.07, 6.45) is 4.30. The molecule has 4 rings (SSSR count). The molecule has 4 heterocycles. The first-order valence-corrected chi connectivity index (χ1v) is 9.34. The van der Waals surface area contributed by atoms with Crippen molar-refractivity contribution in [3.8, 4) is 0 Å². The summed E-state index contributed by atoms with van der Waals surface area (Å²) >= 11 is 0. The number of fused-ring (bicyclic) bond motifs is 1. The molecule has 0 spiro atoms. The maximum absolute atomic E-state index is 9.47. The van der Waals surface area contributed by atoms with Crippen molar-refractivity contribution in [1.82, 2.24) is 15.0 Å². The molecule has 7 heteroatoms. The van der Waals surface area contributed by atoms with E-state index in [0.717, 1.165) is 74.2 Å². The molecule has 7 nitrogen and oxygen atoms in total. The summed E-state index contributed by atoms with van der Waals surface area (Å²) in [7, 11) is 0. The number of anilines is 2. The van der Waals surface area contributed by atoms with Crippen molar-refractivity contribution >= 4 is 22.8 Å². The normalized spacial score (nSPS) is 21.9. The van der Waals surface area contributed by atoms with Gasteiger partial charge in [0.1, 0.15) is 11.5 Å². The summed E-state index contributed by atoms with van der Waals surface area (Å²) in [5, 5.41) is 10.6. The molecule has 2 N–H and O–H groups in total. The third-order valence-corrected chi connectivity index (χ3v) is 5.25. The second-order valence-corrected chi connectivity index (χ2v) is 7.02. The molecule has 2 fully saturated rings. The number of aliphatic hydroxyl groups excluding tert-OH is 1. The van der Waals surface area contributed by atoms with Crippen molar-refractivity contribution in [3.05, 3.63) is 11.8 Å². The SMILES string of the molecule is Cc1cc2c(N3CCCCC3CCO)nc(N3CCOCC3)nc2[nH]1. The lowest BCUT2D eigenvalue weighted by Gasteiger charge is -2.37. The molecular formula is C18H27N5O2. The third kappa shape index (κ3) is 3.30. The Hall–Kier alpha value is -1.86. The monoisotopic (exact) mass is 345 g/mol. The Balaban J connectivity index is 1.77. The van der Waals surface area contributed by atoms with E-state index < -0.39 is 0 Å². The number of aromatic nitrogens is 3. The number of H-pyrrole nitrogens is 1. The Morgan fingerprint density at radius 1 is 1.24 bits per heavy atom. The molecule has 0 saturated carbocycles. The fourth-order valence-electron chi connectivity index (χ4n) is 3.97. The van der Waals surface area contributed by atoms with Crippen LogP contribution in [0.25, 0.3) is 11.0 Å². The highest BCUT2D eigenvalue weighted by atomic mass is 16.5. The fraction of sp³-hybridized carbons (Fsp3) is 0.667. The topological polar surface area (TPSA) is 77.5 Å². The van der Waals surface area contributed by atoms with Crippen LogP contribution in [0.3, 0.4) is 0 Å². The molecule has 0 radical (unpaired) electrons. The van der Waals surface area contributed by atoms with Crippen LogP contribution in [-0.4, -0.2) is 65.6 Å². The zero-order chi connectivity index (χ0) is 17.2. The predicted octanol–water partition coefficient (Wildman–Crippen LogP) is 1.84. The van der Waals surface area contributed by atoms with Crippen molar-refractivity contribution < 1.29 is 9.84 Å². The number of aliphatic hydroxyl groups is 1. The molecule has 2 aliphatic rings. The largest absolute Gasteiger partial charge is 0.396 e. The van der Waals surface area contributed by atoms with Crippen LogP contribution >= 0.6 is 0 Å². The van der Waals surface area contributed by atoms with Crippen molar-refractivity contribution in [2.45, 2.75) is 38.6 Å². The molecule has 0 bridgehead atoms. The van der Waals surface area contributed by atoms with Gasteiger partial charge in [-0.05, 0) is 38.7 Å². The molecule has 1 atom stereocenters. The van der Waals surface area contributed by atoms with Gasteiger partial charge in [0.05, 0.1) is 18.6 Å². The maximum Gasteiger partial charge on any atom is 0.229 e. The minimum absolute atomic E-state index is 0.220. The zero-order valence-corrected chi connectivity index (χ0v) is 14.9. The Kier molecular flexibility index (Phi) is 4.76. The van der Waals surface area contributed by atoms with Crippen LogP contribution in [0.1, 0.15) is 31.4 Å². The molecule has 2 saturated heterocycles. The summed E-state index contributed by atoms with van der Waals surface area (Å²) in [6, 6.07) is 2.49. The number of morpholine rings is 1. The summed E-state index contributed by atoms with van der Waals surface area (Å²) in [5.74, 6) is 1.79. The summed E-state index contributed by atoms with van der Waals surface area (Å²) < 4.78 is 5.47. The molecule has 1 unspecified atom stereocenters. The van der Waals surface area contributed by atoms with Gasteiger partial charge in [-0.15, -0.1) is 0 Å². The van der Waals surface area contributed by atoms with Crippen LogP contribution in [0.5, 0.6) is 0 Å². The number of aromatic amines is 1. The van der Waals surface area contributed by atoms with Gasteiger partial charge in [0.25, 0.3) is 0 Å². The van der Waals surface area contributed by atoms with E-state index in [2.05, 4.69) is 27.8 Å². The quantitative estimate of drug-likeness (QED) is 0.880. The van der Waals surface area contributed by atoms with E-state index in [4.69, 9.17) is 14.7 Å². The van der Waals surface area contributed by atoms with E-state index in [1.807, 2.05) is 0 Å². The number of piperidine rings is 1. The lowest BCUT2D eigenvalue weighted by atomic mass is 9.99. The average Bonchev–Trinajstić information content (AvgIpc) is 3.02. The molecule has 2 aromatic heterocycles. The first kappa shape index (κ1) is 16.6. The highest BCUT2D eigenvalue weighted by molar-refractivity contribution is 5.89. The lowest BCUT2D eigenvalue weighted by Crippen LogP contribution is -2.42. The minimum Gasteiger partial charge on any atom is -0.396 e. The van der Waals surface area contributed by atoms with Crippen molar-refractivity contribution in [2.75, 3.05) is 49.3 Å². The summed E-state index contributed by atoms with van der Waals surface area (Å²) in [4.78, 5) is 17.7. The van der Waals surface area contributed by atoms with E-state index in [0.29, 0.717) is 6.04 Å². The molecule has 2 aliphatic heterocycles. The number of hydrogen-bond acceptors (Lipinski definition) is 6. The number of nitrogens with zero attached hydrogens (tertiary/aromatic N) is 4. The molecule has 2 aromatic rings. The predicted molar refractivity (Wildman–Crippen MR) is 98.3 cm³/mol. The van der Waals surface area contributed by atoms with Crippen LogP contribution in [0.15, 0.2) is 6.07 Å². The third-order valence-electron chi connectivity index (χ3n) is 5.25. The van der Waals surface area contributed by atoms with E-state index in [9.17, 15) is 5.11 Å². The summed E-state index contributed by atoms with van der Waals surface area (Å²) in [5.41, 5.74) is 2.00.